The number of thioether (sulfide) groups is 1. The molecule has 0 saturated carbocycles. The fourth-order valence-electron chi connectivity index (χ4n) is 3.76. The molecule has 0 aliphatic heterocycles. The summed E-state index contributed by atoms with van der Waals surface area (Å²) in [7, 11) is 1.60. The molecule has 5 aromatic rings. The molecule has 0 spiro atoms. The zero-order chi connectivity index (χ0) is 24.4. The van der Waals surface area contributed by atoms with E-state index in [1.807, 2.05) is 60.7 Å². The van der Waals surface area contributed by atoms with Crippen LogP contribution >= 0.6 is 23.4 Å². The lowest BCUT2D eigenvalue weighted by atomic mass is 10.0. The monoisotopic (exact) mass is 502 g/mol. The summed E-state index contributed by atoms with van der Waals surface area (Å²) < 4.78 is 5.53. The first-order valence-corrected chi connectivity index (χ1v) is 11.8. The molecule has 0 aliphatic carbocycles. The largest absolute Gasteiger partial charge is 0.495 e. The normalized spacial score (nSPS) is 11.7. The molecular weight excluding hydrogens is 484 g/mol. The van der Waals surface area contributed by atoms with Crippen molar-refractivity contribution >= 4 is 46.3 Å². The number of hydrogen-bond donors (Lipinski definition) is 3. The van der Waals surface area contributed by atoms with Crippen LogP contribution in [0, 0.1) is 0 Å². The molecule has 0 amide bonds. The van der Waals surface area contributed by atoms with Gasteiger partial charge < -0.3 is 14.8 Å². The predicted octanol–water partition coefficient (Wildman–Crippen LogP) is 6.50. The summed E-state index contributed by atoms with van der Waals surface area (Å²) >= 11 is 6.93. The van der Waals surface area contributed by atoms with Crippen LogP contribution in [0.25, 0.3) is 39.6 Å². The van der Waals surface area contributed by atoms with Crippen LogP contribution in [0.1, 0.15) is 5.56 Å². The van der Waals surface area contributed by atoms with Crippen molar-refractivity contribution in [2.24, 2.45) is 0 Å². The number of carboxylic acids is 1. The first kappa shape index (κ1) is 22.8. The summed E-state index contributed by atoms with van der Waals surface area (Å²) in [6.07, 6.45) is 1.64. The Kier molecular flexibility index (Phi) is 6.31. The highest BCUT2D eigenvalue weighted by molar-refractivity contribution is 8.04. The zero-order valence-corrected chi connectivity index (χ0v) is 20.0. The highest BCUT2D eigenvalue weighted by Gasteiger charge is 2.19. The first-order valence-electron chi connectivity index (χ1n) is 10.6. The standard InChI is InChI=1S/C26H19ClN4O3S/c1-34-20-9-5-8-18-19(22(28-23(18)20)15-6-3-2-4-7-15)14-21(25(32)33)35-26-29-24(30-31-26)16-10-12-17(27)13-11-16/h2-14,28H,1H3,(H,32,33)(H,29,30,31)/b21-14-. The Hall–Kier alpha value is -4.01. The molecule has 0 unspecified atom stereocenters. The van der Waals surface area contributed by atoms with Crippen molar-refractivity contribution in [3.8, 4) is 28.4 Å². The molecule has 0 bridgehead atoms. The molecular formula is C26H19ClN4O3S. The highest BCUT2D eigenvalue weighted by Crippen LogP contribution is 2.38. The lowest BCUT2D eigenvalue weighted by molar-refractivity contribution is -0.131. The van der Waals surface area contributed by atoms with E-state index in [0.29, 0.717) is 21.8 Å². The summed E-state index contributed by atoms with van der Waals surface area (Å²) in [5.74, 6) is 0.116. The summed E-state index contributed by atoms with van der Waals surface area (Å²) in [6, 6.07) is 22.6. The number of carbonyl (C=O) groups is 1. The number of nitrogens with one attached hydrogen (secondary N) is 2. The summed E-state index contributed by atoms with van der Waals surface area (Å²) in [5.41, 5.74) is 4.04. The Labute approximate surface area is 209 Å². The molecule has 0 aliphatic rings. The van der Waals surface area contributed by atoms with Crippen LogP contribution < -0.4 is 4.74 Å². The van der Waals surface area contributed by atoms with Gasteiger partial charge in [-0.3, -0.25) is 5.10 Å². The number of carboxylic acid groups (broad SMARTS) is 1. The maximum Gasteiger partial charge on any atom is 0.342 e. The topological polar surface area (TPSA) is 104 Å². The fourth-order valence-corrected chi connectivity index (χ4v) is 4.57. The molecule has 0 fully saturated rings. The van der Waals surface area contributed by atoms with E-state index in [4.69, 9.17) is 16.3 Å². The number of aromatic nitrogens is 4. The average Bonchev–Trinajstić information content (AvgIpc) is 3.49. The lowest BCUT2D eigenvalue weighted by Gasteiger charge is -2.03. The van der Waals surface area contributed by atoms with Crippen LogP contribution in [-0.2, 0) is 4.79 Å². The number of ether oxygens (including phenoxy) is 1. The molecule has 3 N–H and O–H groups in total. The average molecular weight is 503 g/mol. The fraction of sp³-hybridized carbons (Fsp3) is 0.0385. The molecule has 3 aromatic carbocycles. The Morgan fingerprint density at radius 1 is 1.03 bits per heavy atom. The van der Waals surface area contributed by atoms with Crippen LogP contribution in [0.15, 0.2) is 82.9 Å². The molecule has 0 saturated heterocycles. The third kappa shape index (κ3) is 4.66. The van der Waals surface area contributed by atoms with E-state index in [9.17, 15) is 9.90 Å². The number of hydrogen-bond acceptors (Lipinski definition) is 5. The van der Waals surface area contributed by atoms with E-state index in [0.717, 1.165) is 45.0 Å². The molecule has 7 nitrogen and oxygen atoms in total. The number of halogens is 1. The number of nitrogens with zero attached hydrogens (tertiary/aromatic N) is 2. The van der Waals surface area contributed by atoms with Gasteiger partial charge in [0.05, 0.1) is 18.3 Å². The number of aliphatic carboxylic acids is 1. The summed E-state index contributed by atoms with van der Waals surface area (Å²) in [4.78, 5) is 20.2. The van der Waals surface area contributed by atoms with Gasteiger partial charge >= 0.3 is 5.97 Å². The van der Waals surface area contributed by atoms with E-state index < -0.39 is 5.97 Å². The summed E-state index contributed by atoms with van der Waals surface area (Å²) in [6.45, 7) is 0. The molecule has 2 aromatic heterocycles. The third-order valence-corrected chi connectivity index (χ3v) is 6.52. The van der Waals surface area contributed by atoms with Gasteiger partial charge in [-0.15, -0.1) is 5.10 Å². The Morgan fingerprint density at radius 3 is 2.51 bits per heavy atom. The molecule has 9 heteroatoms. The van der Waals surface area contributed by atoms with Crippen molar-refractivity contribution in [3.63, 3.8) is 0 Å². The number of para-hydroxylation sites is 1. The molecule has 5 rings (SSSR count). The number of benzene rings is 3. The SMILES string of the molecule is COc1cccc2c(/C=C(\Sc3n[nH]c(-c4ccc(Cl)cc4)n3)C(=O)O)c(-c3ccccc3)[nH]c12. The first-order chi connectivity index (χ1) is 17.0. The van der Waals surface area contributed by atoms with Gasteiger partial charge in [0.1, 0.15) is 10.7 Å². The van der Waals surface area contributed by atoms with E-state index in [1.165, 1.54) is 0 Å². The van der Waals surface area contributed by atoms with E-state index in [1.54, 1.807) is 25.3 Å². The molecule has 0 atom stereocenters. The Balaban J connectivity index is 1.58. The highest BCUT2D eigenvalue weighted by atomic mass is 35.5. The smallest absolute Gasteiger partial charge is 0.342 e. The van der Waals surface area contributed by atoms with Crippen molar-refractivity contribution in [2.75, 3.05) is 7.11 Å². The van der Waals surface area contributed by atoms with Gasteiger partial charge in [0, 0.05) is 21.5 Å². The number of fused-ring (bicyclic) bond motifs is 1. The van der Waals surface area contributed by atoms with Crippen molar-refractivity contribution in [1.29, 1.82) is 0 Å². The second kappa shape index (κ2) is 9.69. The molecule has 174 valence electrons. The number of aromatic amines is 2. The van der Waals surface area contributed by atoms with Gasteiger partial charge in [0.25, 0.3) is 0 Å². The van der Waals surface area contributed by atoms with Gasteiger partial charge in [-0.1, -0.05) is 54.1 Å². The lowest BCUT2D eigenvalue weighted by Crippen LogP contribution is -1.97. The third-order valence-electron chi connectivity index (χ3n) is 5.39. The van der Waals surface area contributed by atoms with Gasteiger partial charge in [0.2, 0.25) is 5.16 Å². The minimum Gasteiger partial charge on any atom is -0.495 e. The van der Waals surface area contributed by atoms with E-state index >= 15 is 0 Å². The quantitative estimate of drug-likeness (QED) is 0.173. The van der Waals surface area contributed by atoms with Gasteiger partial charge in [-0.2, -0.15) is 0 Å². The predicted molar refractivity (Wildman–Crippen MR) is 139 cm³/mol. The van der Waals surface area contributed by atoms with Crippen molar-refractivity contribution in [3.05, 3.63) is 88.3 Å². The maximum absolute atomic E-state index is 12.2. The molecule has 0 radical (unpaired) electrons. The Bertz CT molecular complexity index is 1540. The van der Waals surface area contributed by atoms with E-state index in [2.05, 4.69) is 20.2 Å². The van der Waals surface area contributed by atoms with Crippen molar-refractivity contribution < 1.29 is 14.6 Å². The Morgan fingerprint density at radius 2 is 1.80 bits per heavy atom. The van der Waals surface area contributed by atoms with Gasteiger partial charge in [-0.05, 0) is 53.7 Å². The van der Waals surface area contributed by atoms with Crippen LogP contribution in [0.3, 0.4) is 0 Å². The zero-order valence-electron chi connectivity index (χ0n) is 18.4. The van der Waals surface area contributed by atoms with Crippen LogP contribution in [0.2, 0.25) is 5.02 Å². The van der Waals surface area contributed by atoms with Crippen molar-refractivity contribution in [1.82, 2.24) is 20.2 Å². The molecule has 35 heavy (non-hydrogen) atoms. The minimum atomic E-state index is -1.08. The van der Waals surface area contributed by atoms with Crippen LogP contribution in [0.4, 0.5) is 0 Å². The van der Waals surface area contributed by atoms with Crippen LogP contribution in [-0.4, -0.2) is 38.4 Å². The molecule has 2 heterocycles. The maximum atomic E-state index is 12.2. The van der Waals surface area contributed by atoms with Crippen LogP contribution in [0.5, 0.6) is 5.75 Å². The van der Waals surface area contributed by atoms with Gasteiger partial charge in [0.15, 0.2) is 5.82 Å². The van der Waals surface area contributed by atoms with Gasteiger partial charge in [-0.25, -0.2) is 9.78 Å². The summed E-state index contributed by atoms with van der Waals surface area (Å²) in [5, 5.41) is 18.8. The number of H-pyrrole nitrogens is 2. The minimum absolute atomic E-state index is 0.0764. The second-order valence-electron chi connectivity index (χ2n) is 7.55. The number of methoxy groups -OCH3 is 1. The number of rotatable bonds is 7. The second-order valence-corrected chi connectivity index (χ2v) is 9.00. The van der Waals surface area contributed by atoms with Crippen molar-refractivity contribution in [2.45, 2.75) is 5.16 Å². The van der Waals surface area contributed by atoms with E-state index in [-0.39, 0.29) is 4.91 Å².